The molecule has 116 valence electrons. The summed E-state index contributed by atoms with van der Waals surface area (Å²) in [5.74, 6) is 1.19. The Balaban J connectivity index is 1.62. The lowest BCUT2D eigenvalue weighted by Gasteiger charge is -2.27. The third-order valence-corrected chi connectivity index (χ3v) is 4.99. The van der Waals surface area contributed by atoms with Crippen molar-refractivity contribution in [3.8, 4) is 0 Å². The quantitative estimate of drug-likeness (QED) is 0.873. The molecule has 2 aromatic heterocycles. The summed E-state index contributed by atoms with van der Waals surface area (Å²) in [5.41, 5.74) is 5.01. The summed E-state index contributed by atoms with van der Waals surface area (Å²) >= 11 is 0. The van der Waals surface area contributed by atoms with E-state index in [1.54, 1.807) is 6.33 Å². The molecule has 1 aliphatic carbocycles. The van der Waals surface area contributed by atoms with Gasteiger partial charge in [-0.05, 0) is 52.0 Å². The summed E-state index contributed by atoms with van der Waals surface area (Å²) in [6.45, 7) is 6.26. The smallest absolute Gasteiger partial charge is 0.135 e. The predicted octanol–water partition coefficient (Wildman–Crippen LogP) is 2.45. The average Bonchev–Trinajstić information content (AvgIpc) is 3.20. The van der Waals surface area contributed by atoms with Gasteiger partial charge in [-0.2, -0.15) is 5.10 Å². The number of rotatable bonds is 3. The first-order valence-corrected chi connectivity index (χ1v) is 8.33. The van der Waals surface area contributed by atoms with E-state index in [2.05, 4.69) is 44.6 Å². The Morgan fingerprint density at radius 3 is 2.91 bits per heavy atom. The predicted molar refractivity (Wildman–Crippen MR) is 86.1 cm³/mol. The molecule has 1 aliphatic heterocycles. The van der Waals surface area contributed by atoms with Crippen molar-refractivity contribution in [1.29, 1.82) is 0 Å². The molecule has 0 bridgehead atoms. The monoisotopic (exact) mass is 297 g/mol. The van der Waals surface area contributed by atoms with E-state index in [1.807, 2.05) is 0 Å². The first kappa shape index (κ1) is 13.7. The van der Waals surface area contributed by atoms with E-state index in [1.165, 1.54) is 42.0 Å². The van der Waals surface area contributed by atoms with Gasteiger partial charge in [0.15, 0.2) is 0 Å². The van der Waals surface area contributed by atoms with Crippen molar-refractivity contribution in [2.45, 2.75) is 58.5 Å². The zero-order chi connectivity index (χ0) is 15.1. The van der Waals surface area contributed by atoms with Gasteiger partial charge in [0.05, 0.1) is 18.3 Å². The van der Waals surface area contributed by atoms with Gasteiger partial charge in [0.1, 0.15) is 12.1 Å². The van der Waals surface area contributed by atoms with E-state index < -0.39 is 0 Å². The maximum atomic E-state index is 4.64. The first-order valence-electron chi connectivity index (χ1n) is 8.33. The minimum Gasteiger partial charge on any atom is -0.351 e. The number of fused-ring (bicyclic) bond motifs is 1. The van der Waals surface area contributed by atoms with Crippen LogP contribution in [0.2, 0.25) is 0 Å². The van der Waals surface area contributed by atoms with E-state index in [9.17, 15) is 0 Å². The van der Waals surface area contributed by atoms with Crippen LogP contribution in [0.4, 0.5) is 5.82 Å². The Morgan fingerprint density at radius 2 is 2.09 bits per heavy atom. The van der Waals surface area contributed by atoms with Crippen LogP contribution in [-0.4, -0.2) is 32.3 Å². The molecule has 2 aromatic rings. The number of anilines is 1. The number of hydrogen-bond acceptors (Lipinski definition) is 4. The highest BCUT2D eigenvalue weighted by molar-refractivity contribution is 5.52. The highest BCUT2D eigenvalue weighted by atomic mass is 15.3. The number of aromatic nitrogens is 4. The van der Waals surface area contributed by atoms with Crippen molar-refractivity contribution < 1.29 is 0 Å². The van der Waals surface area contributed by atoms with Gasteiger partial charge in [-0.25, -0.2) is 9.97 Å². The number of nitrogens with zero attached hydrogens (tertiary/aromatic N) is 5. The van der Waals surface area contributed by atoms with Crippen LogP contribution >= 0.6 is 0 Å². The van der Waals surface area contributed by atoms with Gasteiger partial charge in [-0.3, -0.25) is 4.68 Å². The fourth-order valence-corrected chi connectivity index (χ4v) is 3.95. The van der Waals surface area contributed by atoms with Crippen LogP contribution in [0, 0.1) is 13.8 Å². The van der Waals surface area contributed by atoms with Gasteiger partial charge in [0.2, 0.25) is 0 Å². The normalized spacial score (nSPS) is 20.6. The van der Waals surface area contributed by atoms with Crippen LogP contribution in [0.5, 0.6) is 0 Å². The first-order chi connectivity index (χ1) is 10.7. The molecule has 0 aromatic carbocycles. The fourth-order valence-electron chi connectivity index (χ4n) is 3.95. The zero-order valence-corrected chi connectivity index (χ0v) is 13.4. The van der Waals surface area contributed by atoms with Crippen LogP contribution < -0.4 is 4.90 Å². The van der Waals surface area contributed by atoms with Gasteiger partial charge in [-0.15, -0.1) is 0 Å². The van der Waals surface area contributed by atoms with Gasteiger partial charge < -0.3 is 4.90 Å². The van der Waals surface area contributed by atoms with E-state index in [-0.39, 0.29) is 0 Å². The summed E-state index contributed by atoms with van der Waals surface area (Å²) < 4.78 is 2.15. The van der Waals surface area contributed by atoms with Crippen LogP contribution in [0.25, 0.3) is 0 Å². The van der Waals surface area contributed by atoms with E-state index in [0.29, 0.717) is 6.04 Å². The minimum absolute atomic E-state index is 0.498. The summed E-state index contributed by atoms with van der Waals surface area (Å²) in [4.78, 5) is 11.6. The molecule has 22 heavy (non-hydrogen) atoms. The van der Waals surface area contributed by atoms with Gasteiger partial charge >= 0.3 is 0 Å². The summed E-state index contributed by atoms with van der Waals surface area (Å²) in [5, 5.41) is 4.63. The van der Waals surface area contributed by atoms with Gasteiger partial charge in [0, 0.05) is 23.5 Å². The molecule has 4 rings (SSSR count). The molecule has 0 spiro atoms. The number of aryl methyl sites for hydroxylation is 3. The lowest BCUT2D eigenvalue weighted by atomic mass is 10.2. The molecule has 2 aliphatic rings. The maximum absolute atomic E-state index is 4.64. The third kappa shape index (κ3) is 2.28. The lowest BCUT2D eigenvalue weighted by molar-refractivity contribution is 0.496. The molecule has 0 unspecified atom stereocenters. The largest absolute Gasteiger partial charge is 0.351 e. The third-order valence-electron chi connectivity index (χ3n) is 4.99. The van der Waals surface area contributed by atoms with Crippen molar-refractivity contribution >= 4 is 5.82 Å². The van der Waals surface area contributed by atoms with Crippen LogP contribution in [0.3, 0.4) is 0 Å². The Kier molecular flexibility index (Phi) is 3.36. The molecule has 5 nitrogen and oxygen atoms in total. The Bertz CT molecular complexity index is 690. The molecule has 1 atom stereocenters. The maximum Gasteiger partial charge on any atom is 0.135 e. The Hall–Kier alpha value is -1.91. The average molecular weight is 297 g/mol. The van der Waals surface area contributed by atoms with Gasteiger partial charge in [-0.1, -0.05) is 0 Å². The summed E-state index contributed by atoms with van der Waals surface area (Å²) in [6, 6.07) is 2.65. The molecule has 1 fully saturated rings. The van der Waals surface area contributed by atoms with Crippen LogP contribution in [-0.2, 0) is 19.4 Å². The summed E-state index contributed by atoms with van der Waals surface area (Å²) in [6.07, 6.45) is 7.67. The molecule has 5 heteroatoms. The topological polar surface area (TPSA) is 46.8 Å². The Morgan fingerprint density at radius 1 is 1.18 bits per heavy atom. The van der Waals surface area contributed by atoms with Crippen molar-refractivity contribution in [3.63, 3.8) is 0 Å². The van der Waals surface area contributed by atoms with Crippen molar-refractivity contribution in [2.24, 2.45) is 0 Å². The van der Waals surface area contributed by atoms with Crippen LogP contribution in [0.15, 0.2) is 12.4 Å². The van der Waals surface area contributed by atoms with Gasteiger partial charge in [0.25, 0.3) is 0 Å². The second kappa shape index (κ2) is 5.38. The second-order valence-electron chi connectivity index (χ2n) is 6.57. The number of hydrogen-bond donors (Lipinski definition) is 0. The lowest BCUT2D eigenvalue weighted by Crippen LogP contribution is -2.35. The molecular weight excluding hydrogens is 274 g/mol. The molecule has 0 N–H and O–H groups in total. The standard InChI is InChI=1S/C17H23N5/c1-12-9-13(2)22(20-12)10-14-5-4-8-21(14)17-15-6-3-7-16(15)18-11-19-17/h9,11,14H,3-8,10H2,1-2H3/t14-/m0/s1. The van der Waals surface area contributed by atoms with Crippen molar-refractivity contribution in [2.75, 3.05) is 11.4 Å². The molecule has 3 heterocycles. The van der Waals surface area contributed by atoms with E-state index in [0.717, 1.165) is 31.6 Å². The van der Waals surface area contributed by atoms with E-state index in [4.69, 9.17) is 0 Å². The zero-order valence-electron chi connectivity index (χ0n) is 13.4. The van der Waals surface area contributed by atoms with Crippen molar-refractivity contribution in [1.82, 2.24) is 19.7 Å². The molecular formula is C17H23N5. The molecule has 1 saturated heterocycles. The molecule has 0 radical (unpaired) electrons. The molecule has 0 saturated carbocycles. The highest BCUT2D eigenvalue weighted by Gasteiger charge is 2.30. The minimum atomic E-state index is 0.498. The highest BCUT2D eigenvalue weighted by Crippen LogP contribution is 2.32. The SMILES string of the molecule is Cc1cc(C)n(C[C@@H]2CCCN2c2ncnc3c2CCC3)n1. The fraction of sp³-hybridized carbons (Fsp3) is 0.588. The second-order valence-corrected chi connectivity index (χ2v) is 6.57. The van der Waals surface area contributed by atoms with Crippen molar-refractivity contribution in [3.05, 3.63) is 35.0 Å². The van der Waals surface area contributed by atoms with Crippen LogP contribution in [0.1, 0.15) is 41.9 Å². The molecule has 0 amide bonds. The van der Waals surface area contributed by atoms with E-state index >= 15 is 0 Å². The summed E-state index contributed by atoms with van der Waals surface area (Å²) in [7, 11) is 0. The Labute approximate surface area is 131 Å².